The van der Waals surface area contributed by atoms with Crippen LogP contribution in [-0.4, -0.2) is 26.4 Å². The fourth-order valence-electron chi connectivity index (χ4n) is 2.86. The number of hydrogen-bond donors (Lipinski definition) is 1. The average Bonchev–Trinajstić information content (AvgIpc) is 2.58. The molecule has 0 spiro atoms. The van der Waals surface area contributed by atoms with Crippen LogP contribution >= 0.6 is 0 Å². The van der Waals surface area contributed by atoms with Crippen LogP contribution in [0.15, 0.2) is 36.4 Å². The fraction of sp³-hybridized carbons (Fsp3) is 0.222. The number of fused-ring (bicyclic) bond motifs is 3. The summed E-state index contributed by atoms with van der Waals surface area (Å²) in [4.78, 5) is 0. The van der Waals surface area contributed by atoms with Gasteiger partial charge in [-0.15, -0.1) is 0 Å². The van der Waals surface area contributed by atoms with Crippen LogP contribution < -0.4 is 14.2 Å². The summed E-state index contributed by atoms with van der Waals surface area (Å²) >= 11 is 0. The summed E-state index contributed by atoms with van der Waals surface area (Å²) < 4.78 is 16.1. The minimum atomic E-state index is -0.0701. The molecule has 3 rings (SSSR count). The summed E-state index contributed by atoms with van der Waals surface area (Å²) in [6.07, 6.45) is 0. The van der Waals surface area contributed by atoms with Crippen LogP contribution in [0, 0.1) is 0 Å². The third-order valence-corrected chi connectivity index (χ3v) is 3.97. The Balaban J connectivity index is 2.40. The first-order valence-electron chi connectivity index (χ1n) is 6.98. The molecule has 1 N–H and O–H groups in total. The second-order valence-corrected chi connectivity index (χ2v) is 4.99. The lowest BCUT2D eigenvalue weighted by molar-refractivity contribution is 0.275. The van der Waals surface area contributed by atoms with Crippen molar-refractivity contribution in [2.75, 3.05) is 21.3 Å². The third-order valence-electron chi connectivity index (χ3n) is 3.97. The molecule has 3 aromatic carbocycles. The van der Waals surface area contributed by atoms with E-state index in [1.807, 2.05) is 36.4 Å². The lowest BCUT2D eigenvalue weighted by atomic mass is 9.97. The van der Waals surface area contributed by atoms with Crippen molar-refractivity contribution in [3.8, 4) is 17.2 Å². The summed E-state index contributed by atoms with van der Waals surface area (Å²) in [5, 5.41) is 13.8. The monoisotopic (exact) mass is 298 g/mol. The predicted octanol–water partition coefficient (Wildman–Crippen LogP) is 3.51. The van der Waals surface area contributed by atoms with Crippen LogP contribution in [0.2, 0.25) is 0 Å². The Bertz CT molecular complexity index is 837. The first-order valence-corrected chi connectivity index (χ1v) is 6.98. The predicted molar refractivity (Wildman–Crippen MR) is 87.0 cm³/mol. The van der Waals surface area contributed by atoms with E-state index in [-0.39, 0.29) is 6.61 Å². The molecule has 3 aromatic rings. The SMILES string of the molecule is COc1cc2ccc3c(CO)c(OC)ccc3c2cc1OC. The molecule has 0 saturated heterocycles. The van der Waals surface area contributed by atoms with Crippen molar-refractivity contribution in [2.45, 2.75) is 6.61 Å². The fourth-order valence-corrected chi connectivity index (χ4v) is 2.86. The van der Waals surface area contributed by atoms with E-state index in [2.05, 4.69) is 0 Å². The van der Waals surface area contributed by atoms with Crippen LogP contribution in [0.4, 0.5) is 0 Å². The molecule has 4 heteroatoms. The number of aliphatic hydroxyl groups excluding tert-OH is 1. The molecule has 0 unspecified atom stereocenters. The van der Waals surface area contributed by atoms with Crippen molar-refractivity contribution in [1.82, 2.24) is 0 Å². The van der Waals surface area contributed by atoms with Crippen LogP contribution in [0.3, 0.4) is 0 Å². The van der Waals surface area contributed by atoms with E-state index in [4.69, 9.17) is 14.2 Å². The molecular formula is C18H18O4. The molecule has 0 atom stereocenters. The normalized spacial score (nSPS) is 10.9. The quantitative estimate of drug-likeness (QED) is 0.749. The van der Waals surface area contributed by atoms with Gasteiger partial charge in [0, 0.05) is 5.56 Å². The van der Waals surface area contributed by atoms with E-state index < -0.39 is 0 Å². The molecule has 0 fully saturated rings. The maximum Gasteiger partial charge on any atom is 0.161 e. The van der Waals surface area contributed by atoms with E-state index in [1.165, 1.54) is 0 Å². The Kier molecular flexibility index (Phi) is 3.77. The number of methoxy groups -OCH3 is 3. The van der Waals surface area contributed by atoms with Crippen molar-refractivity contribution in [3.05, 3.63) is 42.0 Å². The van der Waals surface area contributed by atoms with Gasteiger partial charge in [-0.1, -0.05) is 18.2 Å². The van der Waals surface area contributed by atoms with Crippen LogP contribution in [0.25, 0.3) is 21.5 Å². The number of aliphatic hydroxyl groups is 1. The topological polar surface area (TPSA) is 47.9 Å². The molecule has 0 radical (unpaired) electrons. The minimum Gasteiger partial charge on any atom is -0.496 e. The lowest BCUT2D eigenvalue weighted by Gasteiger charge is -2.14. The van der Waals surface area contributed by atoms with Gasteiger partial charge in [-0.05, 0) is 39.7 Å². The van der Waals surface area contributed by atoms with E-state index in [9.17, 15) is 5.11 Å². The lowest BCUT2D eigenvalue weighted by Crippen LogP contribution is -1.95. The number of hydrogen-bond acceptors (Lipinski definition) is 4. The average molecular weight is 298 g/mol. The highest BCUT2D eigenvalue weighted by Crippen LogP contribution is 2.38. The summed E-state index contributed by atoms with van der Waals surface area (Å²) in [7, 11) is 4.85. The van der Waals surface area contributed by atoms with Crippen molar-refractivity contribution >= 4 is 21.5 Å². The molecule has 4 nitrogen and oxygen atoms in total. The van der Waals surface area contributed by atoms with E-state index >= 15 is 0 Å². The maximum atomic E-state index is 9.68. The van der Waals surface area contributed by atoms with Crippen LogP contribution in [0.1, 0.15) is 5.56 Å². The zero-order valence-electron chi connectivity index (χ0n) is 12.8. The molecule has 0 amide bonds. The molecule has 22 heavy (non-hydrogen) atoms. The van der Waals surface area contributed by atoms with Gasteiger partial charge in [-0.25, -0.2) is 0 Å². The van der Waals surface area contributed by atoms with Crippen molar-refractivity contribution in [3.63, 3.8) is 0 Å². The number of ether oxygens (including phenoxy) is 3. The Morgan fingerprint density at radius 1 is 0.727 bits per heavy atom. The Hall–Kier alpha value is -2.46. The Morgan fingerprint density at radius 3 is 2.00 bits per heavy atom. The molecule has 0 aliphatic carbocycles. The summed E-state index contributed by atoms with van der Waals surface area (Å²) in [6.45, 7) is -0.0701. The van der Waals surface area contributed by atoms with Gasteiger partial charge >= 0.3 is 0 Å². The smallest absolute Gasteiger partial charge is 0.161 e. The van der Waals surface area contributed by atoms with E-state index in [1.54, 1.807) is 21.3 Å². The molecule has 0 aliphatic heterocycles. The zero-order valence-corrected chi connectivity index (χ0v) is 12.8. The van der Waals surface area contributed by atoms with Gasteiger partial charge in [0.15, 0.2) is 11.5 Å². The highest BCUT2D eigenvalue weighted by molar-refractivity contribution is 6.10. The van der Waals surface area contributed by atoms with Gasteiger partial charge in [0.1, 0.15) is 5.75 Å². The standard InChI is InChI=1S/C18H18O4/c1-20-16-7-6-12-13(15(16)10-19)5-4-11-8-17(21-2)18(22-3)9-14(11)12/h4-9,19H,10H2,1-3H3. The number of benzene rings is 3. The molecule has 0 heterocycles. The highest BCUT2D eigenvalue weighted by Gasteiger charge is 2.12. The molecule has 0 aliphatic rings. The molecule has 0 bridgehead atoms. The Morgan fingerprint density at radius 2 is 1.36 bits per heavy atom. The highest BCUT2D eigenvalue weighted by atomic mass is 16.5. The molecule has 0 saturated carbocycles. The largest absolute Gasteiger partial charge is 0.496 e. The van der Waals surface area contributed by atoms with Gasteiger partial charge in [-0.2, -0.15) is 0 Å². The first kappa shape index (κ1) is 14.5. The van der Waals surface area contributed by atoms with Crippen LogP contribution in [-0.2, 0) is 6.61 Å². The summed E-state index contributed by atoms with van der Waals surface area (Å²) in [6, 6.07) is 11.8. The molecule has 0 aromatic heterocycles. The Labute approximate surface area is 128 Å². The summed E-state index contributed by atoms with van der Waals surface area (Å²) in [5.41, 5.74) is 0.789. The summed E-state index contributed by atoms with van der Waals surface area (Å²) in [5.74, 6) is 2.07. The van der Waals surface area contributed by atoms with Gasteiger partial charge in [0.2, 0.25) is 0 Å². The van der Waals surface area contributed by atoms with E-state index in [0.717, 1.165) is 27.1 Å². The van der Waals surface area contributed by atoms with Crippen molar-refractivity contribution in [1.29, 1.82) is 0 Å². The molecular weight excluding hydrogens is 280 g/mol. The minimum absolute atomic E-state index is 0.0701. The van der Waals surface area contributed by atoms with Crippen LogP contribution in [0.5, 0.6) is 17.2 Å². The maximum absolute atomic E-state index is 9.68. The van der Waals surface area contributed by atoms with Gasteiger partial charge in [0.25, 0.3) is 0 Å². The van der Waals surface area contributed by atoms with Crippen molar-refractivity contribution < 1.29 is 19.3 Å². The molecule has 114 valence electrons. The first-order chi connectivity index (χ1) is 10.7. The third kappa shape index (κ3) is 2.12. The second-order valence-electron chi connectivity index (χ2n) is 4.99. The van der Waals surface area contributed by atoms with E-state index in [0.29, 0.717) is 17.2 Å². The zero-order chi connectivity index (χ0) is 15.7. The van der Waals surface area contributed by atoms with Gasteiger partial charge < -0.3 is 19.3 Å². The van der Waals surface area contributed by atoms with Crippen molar-refractivity contribution in [2.24, 2.45) is 0 Å². The van der Waals surface area contributed by atoms with Gasteiger partial charge in [-0.3, -0.25) is 0 Å². The number of rotatable bonds is 4. The second kappa shape index (κ2) is 5.73. The van der Waals surface area contributed by atoms with Gasteiger partial charge in [0.05, 0.1) is 27.9 Å².